The van der Waals surface area contributed by atoms with Gasteiger partial charge in [0.05, 0.1) is 5.75 Å². The molecule has 1 unspecified atom stereocenters. The molecular formula is C15H23F2N3O2S. The number of guanidine groups is 1. The summed E-state index contributed by atoms with van der Waals surface area (Å²) in [7, 11) is -1.40. The first kappa shape index (κ1) is 19.3. The van der Waals surface area contributed by atoms with Crippen LogP contribution < -0.4 is 10.6 Å². The minimum absolute atomic E-state index is 0.0671. The molecule has 0 amide bonds. The van der Waals surface area contributed by atoms with Crippen molar-refractivity contribution < 1.29 is 17.2 Å². The first-order chi connectivity index (χ1) is 10.7. The molecule has 130 valence electrons. The van der Waals surface area contributed by atoms with Gasteiger partial charge in [0.2, 0.25) is 0 Å². The maximum atomic E-state index is 13.1. The number of benzene rings is 1. The highest BCUT2D eigenvalue weighted by Gasteiger charge is 2.09. The highest BCUT2D eigenvalue weighted by Crippen LogP contribution is 2.08. The second kappa shape index (κ2) is 8.81. The van der Waals surface area contributed by atoms with Crippen LogP contribution in [0.3, 0.4) is 0 Å². The molecule has 0 saturated carbocycles. The molecule has 0 bridgehead atoms. The zero-order valence-corrected chi connectivity index (χ0v) is 14.4. The molecule has 0 spiro atoms. The number of nitrogens with zero attached hydrogens (tertiary/aromatic N) is 1. The van der Waals surface area contributed by atoms with Crippen molar-refractivity contribution in [1.29, 1.82) is 0 Å². The number of nitrogens with one attached hydrogen (secondary N) is 2. The Morgan fingerprint density at radius 2 is 1.87 bits per heavy atom. The molecule has 0 saturated heterocycles. The Bertz CT molecular complexity index is 628. The van der Waals surface area contributed by atoms with Crippen molar-refractivity contribution in [2.24, 2.45) is 4.99 Å². The van der Waals surface area contributed by atoms with Gasteiger partial charge in [0.25, 0.3) is 0 Å². The average molecular weight is 347 g/mol. The molecule has 0 aromatic heterocycles. The third kappa shape index (κ3) is 8.49. The summed E-state index contributed by atoms with van der Waals surface area (Å²) in [5.74, 6) is -0.586. The lowest BCUT2D eigenvalue weighted by Gasteiger charge is -2.17. The Labute approximate surface area is 136 Å². The largest absolute Gasteiger partial charge is 0.356 e. The molecule has 0 aliphatic heterocycles. The Hall–Kier alpha value is -1.70. The fraction of sp³-hybridized carbons (Fsp3) is 0.533. The molecule has 0 fully saturated rings. The normalized spacial score (nSPS) is 13.7. The van der Waals surface area contributed by atoms with Gasteiger partial charge in [-0.1, -0.05) is 0 Å². The van der Waals surface area contributed by atoms with Crippen LogP contribution in [0.1, 0.15) is 18.9 Å². The van der Waals surface area contributed by atoms with Gasteiger partial charge in [0, 0.05) is 32.0 Å². The second-order valence-electron chi connectivity index (χ2n) is 5.49. The summed E-state index contributed by atoms with van der Waals surface area (Å²) in [5, 5.41) is 6.10. The van der Waals surface area contributed by atoms with Crippen LogP contribution >= 0.6 is 0 Å². The summed E-state index contributed by atoms with van der Waals surface area (Å²) < 4.78 is 48.5. The number of sulfone groups is 1. The highest BCUT2D eigenvalue weighted by molar-refractivity contribution is 7.90. The smallest absolute Gasteiger partial charge is 0.191 e. The van der Waals surface area contributed by atoms with Crippen LogP contribution in [0.4, 0.5) is 8.78 Å². The maximum Gasteiger partial charge on any atom is 0.191 e. The molecule has 1 atom stereocenters. The molecule has 23 heavy (non-hydrogen) atoms. The Morgan fingerprint density at radius 1 is 1.26 bits per heavy atom. The van der Waals surface area contributed by atoms with Gasteiger partial charge >= 0.3 is 0 Å². The topological polar surface area (TPSA) is 70.6 Å². The van der Waals surface area contributed by atoms with Gasteiger partial charge in [-0.15, -0.1) is 0 Å². The summed E-state index contributed by atoms with van der Waals surface area (Å²) in [6.45, 7) is 2.31. The predicted molar refractivity (Wildman–Crippen MR) is 88.3 cm³/mol. The maximum absolute atomic E-state index is 13.1. The van der Waals surface area contributed by atoms with Crippen molar-refractivity contribution in [3.05, 3.63) is 35.4 Å². The van der Waals surface area contributed by atoms with E-state index in [1.807, 2.05) is 6.92 Å². The van der Waals surface area contributed by atoms with Crippen molar-refractivity contribution >= 4 is 15.8 Å². The molecule has 1 aromatic carbocycles. The second-order valence-corrected chi connectivity index (χ2v) is 7.75. The summed E-state index contributed by atoms with van der Waals surface area (Å²) in [6.07, 6.45) is 2.10. The lowest BCUT2D eigenvalue weighted by Crippen LogP contribution is -2.43. The molecular weight excluding hydrogens is 324 g/mol. The van der Waals surface area contributed by atoms with Crippen molar-refractivity contribution in [2.75, 3.05) is 25.6 Å². The fourth-order valence-electron chi connectivity index (χ4n) is 1.97. The SMILES string of the molecule is CN=C(NCCc1cc(F)cc(F)c1)NC(C)CCS(C)(=O)=O. The number of hydrogen-bond acceptors (Lipinski definition) is 3. The van der Waals surface area contributed by atoms with E-state index in [-0.39, 0.29) is 11.8 Å². The van der Waals surface area contributed by atoms with E-state index < -0.39 is 21.5 Å². The van der Waals surface area contributed by atoms with Crippen LogP contribution in [-0.2, 0) is 16.3 Å². The Balaban J connectivity index is 2.42. The molecule has 0 radical (unpaired) electrons. The quantitative estimate of drug-likeness (QED) is 0.579. The minimum atomic E-state index is -2.99. The summed E-state index contributed by atoms with van der Waals surface area (Å²) >= 11 is 0. The monoisotopic (exact) mass is 347 g/mol. The highest BCUT2D eigenvalue weighted by atomic mass is 32.2. The molecule has 1 aromatic rings. The summed E-state index contributed by atoms with van der Waals surface area (Å²) in [5.41, 5.74) is 0.551. The first-order valence-electron chi connectivity index (χ1n) is 7.29. The molecule has 2 N–H and O–H groups in total. The lowest BCUT2D eigenvalue weighted by molar-refractivity contribution is 0.576. The number of rotatable bonds is 7. The standard InChI is InChI=1S/C15H23F2N3O2S/c1-11(5-7-23(3,21)22)20-15(18-2)19-6-4-12-8-13(16)10-14(17)9-12/h8-11H,4-7H2,1-3H3,(H2,18,19,20). The van der Waals surface area contributed by atoms with E-state index in [1.54, 1.807) is 7.05 Å². The van der Waals surface area contributed by atoms with Crippen molar-refractivity contribution in [2.45, 2.75) is 25.8 Å². The van der Waals surface area contributed by atoms with E-state index in [9.17, 15) is 17.2 Å². The Kier molecular flexibility index (Phi) is 7.41. The van der Waals surface area contributed by atoms with Gasteiger partial charge in [-0.3, -0.25) is 4.99 Å². The van der Waals surface area contributed by atoms with E-state index in [1.165, 1.54) is 18.4 Å². The van der Waals surface area contributed by atoms with Gasteiger partial charge in [0.15, 0.2) is 5.96 Å². The zero-order valence-electron chi connectivity index (χ0n) is 13.6. The number of hydrogen-bond donors (Lipinski definition) is 2. The Morgan fingerprint density at radius 3 is 2.39 bits per heavy atom. The van der Waals surface area contributed by atoms with E-state index in [2.05, 4.69) is 15.6 Å². The molecule has 1 rings (SSSR count). The summed E-state index contributed by atoms with van der Waals surface area (Å²) in [6, 6.07) is 3.34. The van der Waals surface area contributed by atoms with Gasteiger partial charge in [0.1, 0.15) is 21.5 Å². The third-order valence-corrected chi connectivity index (χ3v) is 4.13. The van der Waals surface area contributed by atoms with Gasteiger partial charge in [-0.2, -0.15) is 0 Å². The van der Waals surface area contributed by atoms with E-state index >= 15 is 0 Å². The van der Waals surface area contributed by atoms with E-state index in [4.69, 9.17) is 0 Å². The number of aliphatic imine (C=N–C) groups is 1. The van der Waals surface area contributed by atoms with Gasteiger partial charge in [-0.25, -0.2) is 17.2 Å². The minimum Gasteiger partial charge on any atom is -0.356 e. The van der Waals surface area contributed by atoms with Crippen molar-refractivity contribution in [1.82, 2.24) is 10.6 Å². The van der Waals surface area contributed by atoms with Gasteiger partial charge in [-0.05, 0) is 37.5 Å². The number of halogens is 2. The van der Waals surface area contributed by atoms with Crippen molar-refractivity contribution in [3.63, 3.8) is 0 Å². The van der Waals surface area contributed by atoms with Crippen LogP contribution in [0, 0.1) is 11.6 Å². The molecule has 5 nitrogen and oxygen atoms in total. The zero-order chi connectivity index (χ0) is 17.5. The third-order valence-electron chi connectivity index (χ3n) is 3.16. The first-order valence-corrected chi connectivity index (χ1v) is 9.35. The lowest BCUT2D eigenvalue weighted by atomic mass is 10.1. The average Bonchev–Trinajstić information content (AvgIpc) is 2.42. The van der Waals surface area contributed by atoms with Gasteiger partial charge < -0.3 is 10.6 Å². The van der Waals surface area contributed by atoms with Crippen LogP contribution in [0.5, 0.6) is 0 Å². The predicted octanol–water partition coefficient (Wildman–Crippen LogP) is 1.50. The molecule has 0 heterocycles. The van der Waals surface area contributed by atoms with Crippen LogP contribution in [0.2, 0.25) is 0 Å². The van der Waals surface area contributed by atoms with Crippen LogP contribution in [0.25, 0.3) is 0 Å². The fourth-order valence-corrected chi connectivity index (χ4v) is 2.75. The molecule has 0 aliphatic carbocycles. The van der Waals surface area contributed by atoms with Crippen LogP contribution in [0.15, 0.2) is 23.2 Å². The molecule has 0 aliphatic rings. The summed E-state index contributed by atoms with van der Waals surface area (Å²) in [4.78, 5) is 4.04. The van der Waals surface area contributed by atoms with E-state index in [0.29, 0.717) is 30.9 Å². The molecule has 8 heteroatoms. The van der Waals surface area contributed by atoms with Crippen molar-refractivity contribution in [3.8, 4) is 0 Å². The van der Waals surface area contributed by atoms with E-state index in [0.717, 1.165) is 6.07 Å². The van der Waals surface area contributed by atoms with Crippen LogP contribution in [-0.4, -0.2) is 46.0 Å².